The van der Waals surface area contributed by atoms with E-state index < -0.39 is 0 Å². The number of benzene rings is 1. The Morgan fingerprint density at radius 3 is 2.94 bits per heavy atom. The van der Waals surface area contributed by atoms with Crippen LogP contribution in [0.5, 0.6) is 0 Å². The van der Waals surface area contributed by atoms with Gasteiger partial charge in [-0.05, 0) is 17.7 Å². The molecule has 1 aromatic carbocycles. The van der Waals surface area contributed by atoms with Crippen molar-refractivity contribution in [3.8, 4) is 0 Å². The van der Waals surface area contributed by atoms with E-state index in [-0.39, 0.29) is 12.5 Å². The molecule has 0 spiro atoms. The molecule has 100 valence electrons. The van der Waals surface area contributed by atoms with Crippen molar-refractivity contribution in [2.45, 2.75) is 6.54 Å². The molecule has 0 unspecified atom stereocenters. The van der Waals surface area contributed by atoms with E-state index in [0.29, 0.717) is 24.7 Å². The second-order valence-corrected chi connectivity index (χ2v) is 5.00. The lowest BCUT2D eigenvalue weighted by Crippen LogP contribution is -2.35. The van der Waals surface area contributed by atoms with E-state index in [1.54, 1.807) is 7.11 Å². The molecule has 0 aromatic heterocycles. The van der Waals surface area contributed by atoms with E-state index >= 15 is 0 Å². The second kappa shape index (κ2) is 8.48. The molecule has 1 rings (SSSR count). The first kappa shape index (κ1) is 15.4. The molecule has 0 aliphatic carbocycles. The Bertz CT molecular complexity index is 402. The largest absolute Gasteiger partial charge is 0.383 e. The first-order chi connectivity index (χ1) is 8.63. The summed E-state index contributed by atoms with van der Waals surface area (Å²) >= 11 is 9.40. The van der Waals surface area contributed by atoms with Crippen LogP contribution in [0, 0.1) is 0 Å². The fourth-order valence-electron chi connectivity index (χ4n) is 1.33. The van der Waals surface area contributed by atoms with Crippen molar-refractivity contribution in [2.24, 2.45) is 0 Å². The second-order valence-electron chi connectivity index (χ2n) is 3.68. The predicted octanol–water partition coefficient (Wildman–Crippen LogP) is 1.95. The summed E-state index contributed by atoms with van der Waals surface area (Å²) in [5, 5.41) is 6.44. The molecule has 18 heavy (non-hydrogen) atoms. The van der Waals surface area contributed by atoms with Gasteiger partial charge in [-0.15, -0.1) is 0 Å². The molecule has 0 atom stereocenters. The van der Waals surface area contributed by atoms with Crippen molar-refractivity contribution in [1.82, 2.24) is 10.6 Å². The third kappa shape index (κ3) is 5.82. The minimum Gasteiger partial charge on any atom is -0.383 e. The SMILES string of the molecule is COCCNC(=O)CNCc1ccc(Br)cc1Cl. The Morgan fingerprint density at radius 1 is 1.50 bits per heavy atom. The number of hydrogen-bond donors (Lipinski definition) is 2. The number of carbonyl (C=O) groups is 1. The normalized spacial score (nSPS) is 10.4. The van der Waals surface area contributed by atoms with Crippen molar-refractivity contribution < 1.29 is 9.53 Å². The Morgan fingerprint density at radius 2 is 2.28 bits per heavy atom. The molecule has 0 bridgehead atoms. The van der Waals surface area contributed by atoms with E-state index in [1.807, 2.05) is 18.2 Å². The molecule has 0 saturated carbocycles. The minimum absolute atomic E-state index is 0.0553. The lowest BCUT2D eigenvalue weighted by molar-refractivity contribution is -0.120. The highest BCUT2D eigenvalue weighted by molar-refractivity contribution is 9.10. The summed E-state index contributed by atoms with van der Waals surface area (Å²) in [6.07, 6.45) is 0. The van der Waals surface area contributed by atoms with Crippen LogP contribution in [0.1, 0.15) is 5.56 Å². The molecule has 0 radical (unpaired) electrons. The van der Waals surface area contributed by atoms with Gasteiger partial charge in [0.15, 0.2) is 0 Å². The zero-order valence-corrected chi connectivity index (χ0v) is 12.5. The molecule has 4 nitrogen and oxygen atoms in total. The van der Waals surface area contributed by atoms with Gasteiger partial charge >= 0.3 is 0 Å². The molecular formula is C12H16BrClN2O2. The summed E-state index contributed by atoms with van der Waals surface area (Å²) in [6, 6.07) is 5.67. The van der Waals surface area contributed by atoms with Crippen LogP contribution < -0.4 is 10.6 Å². The van der Waals surface area contributed by atoms with Gasteiger partial charge in [0.1, 0.15) is 0 Å². The number of amides is 1. The predicted molar refractivity (Wildman–Crippen MR) is 75.7 cm³/mol. The maximum Gasteiger partial charge on any atom is 0.234 e. The molecule has 0 heterocycles. The average molecular weight is 336 g/mol. The van der Waals surface area contributed by atoms with Gasteiger partial charge in [-0.2, -0.15) is 0 Å². The van der Waals surface area contributed by atoms with Crippen LogP contribution >= 0.6 is 27.5 Å². The number of ether oxygens (including phenoxy) is 1. The summed E-state index contributed by atoms with van der Waals surface area (Å²) < 4.78 is 5.77. The van der Waals surface area contributed by atoms with Gasteiger partial charge < -0.3 is 15.4 Å². The average Bonchev–Trinajstić information content (AvgIpc) is 2.32. The number of carbonyl (C=O) groups excluding carboxylic acids is 1. The summed E-state index contributed by atoms with van der Waals surface area (Å²) in [5.74, 6) is -0.0553. The van der Waals surface area contributed by atoms with Crippen molar-refractivity contribution in [3.05, 3.63) is 33.3 Å². The Hall–Kier alpha value is -0.620. The third-order valence-corrected chi connectivity index (χ3v) is 3.09. The van der Waals surface area contributed by atoms with Crippen molar-refractivity contribution in [1.29, 1.82) is 0 Å². The summed E-state index contributed by atoms with van der Waals surface area (Å²) in [4.78, 5) is 11.4. The van der Waals surface area contributed by atoms with Crippen molar-refractivity contribution >= 4 is 33.4 Å². The summed E-state index contributed by atoms with van der Waals surface area (Å²) in [7, 11) is 1.60. The molecular weight excluding hydrogens is 320 g/mol. The van der Waals surface area contributed by atoms with E-state index in [1.165, 1.54) is 0 Å². The van der Waals surface area contributed by atoms with Gasteiger partial charge in [0.2, 0.25) is 5.91 Å². The Kier molecular flexibility index (Phi) is 7.27. The van der Waals surface area contributed by atoms with Crippen LogP contribution in [0.15, 0.2) is 22.7 Å². The van der Waals surface area contributed by atoms with Crippen molar-refractivity contribution in [3.63, 3.8) is 0 Å². The maximum absolute atomic E-state index is 11.4. The number of nitrogens with one attached hydrogen (secondary N) is 2. The molecule has 1 aromatic rings. The first-order valence-corrected chi connectivity index (χ1v) is 6.71. The number of rotatable bonds is 7. The van der Waals surface area contributed by atoms with Gasteiger partial charge in [0, 0.05) is 29.7 Å². The topological polar surface area (TPSA) is 50.4 Å². The fourth-order valence-corrected chi connectivity index (χ4v) is 2.07. The smallest absolute Gasteiger partial charge is 0.234 e. The molecule has 0 fully saturated rings. The lowest BCUT2D eigenvalue weighted by Gasteiger charge is -2.08. The highest BCUT2D eigenvalue weighted by Gasteiger charge is 2.03. The van der Waals surface area contributed by atoms with Gasteiger partial charge in [-0.25, -0.2) is 0 Å². The molecule has 0 aliphatic heterocycles. The van der Waals surface area contributed by atoms with Gasteiger partial charge in [-0.1, -0.05) is 33.6 Å². The highest BCUT2D eigenvalue weighted by atomic mass is 79.9. The van der Waals surface area contributed by atoms with Crippen molar-refractivity contribution in [2.75, 3.05) is 26.8 Å². The van der Waals surface area contributed by atoms with Crippen LogP contribution in [0.4, 0.5) is 0 Å². The van der Waals surface area contributed by atoms with Crippen LogP contribution in [0.25, 0.3) is 0 Å². The number of halogens is 2. The summed E-state index contributed by atoms with van der Waals surface area (Å²) in [6.45, 7) is 1.86. The zero-order chi connectivity index (χ0) is 13.4. The van der Waals surface area contributed by atoms with Gasteiger partial charge in [0.05, 0.1) is 13.2 Å². The fraction of sp³-hybridized carbons (Fsp3) is 0.417. The number of methoxy groups -OCH3 is 1. The zero-order valence-electron chi connectivity index (χ0n) is 10.1. The van der Waals surface area contributed by atoms with E-state index in [9.17, 15) is 4.79 Å². The van der Waals surface area contributed by atoms with E-state index in [4.69, 9.17) is 16.3 Å². The van der Waals surface area contributed by atoms with E-state index in [0.717, 1.165) is 10.0 Å². The minimum atomic E-state index is -0.0553. The van der Waals surface area contributed by atoms with Crippen LogP contribution in [0.3, 0.4) is 0 Å². The van der Waals surface area contributed by atoms with Crippen LogP contribution in [-0.4, -0.2) is 32.7 Å². The Balaban J connectivity index is 2.26. The van der Waals surface area contributed by atoms with Crippen LogP contribution in [0.2, 0.25) is 5.02 Å². The monoisotopic (exact) mass is 334 g/mol. The molecule has 0 aliphatic rings. The quantitative estimate of drug-likeness (QED) is 0.749. The molecule has 6 heteroatoms. The summed E-state index contributed by atoms with van der Waals surface area (Å²) in [5.41, 5.74) is 0.963. The Labute approximate surface area is 120 Å². The maximum atomic E-state index is 11.4. The standard InChI is InChI=1S/C12H16BrClN2O2/c1-18-5-4-16-12(17)8-15-7-9-2-3-10(13)6-11(9)14/h2-3,6,15H,4-5,7-8H2,1H3,(H,16,17). The molecule has 0 saturated heterocycles. The van der Waals surface area contributed by atoms with Gasteiger partial charge in [-0.3, -0.25) is 4.79 Å². The van der Waals surface area contributed by atoms with Gasteiger partial charge in [0.25, 0.3) is 0 Å². The highest BCUT2D eigenvalue weighted by Crippen LogP contribution is 2.20. The molecule has 1 amide bonds. The first-order valence-electron chi connectivity index (χ1n) is 5.53. The van der Waals surface area contributed by atoms with Crippen LogP contribution in [-0.2, 0) is 16.1 Å². The number of hydrogen-bond acceptors (Lipinski definition) is 3. The third-order valence-electron chi connectivity index (χ3n) is 2.24. The van der Waals surface area contributed by atoms with E-state index in [2.05, 4.69) is 26.6 Å². The molecule has 2 N–H and O–H groups in total. The lowest BCUT2D eigenvalue weighted by atomic mass is 10.2.